The number of nitrogens with zero attached hydrogens (tertiary/aromatic N) is 3. The first kappa shape index (κ1) is 10.8. The molecular formula is C11H14ClN5. The maximum atomic E-state index is 6.08. The van der Waals surface area contributed by atoms with Crippen LogP contribution >= 0.6 is 11.8 Å². The minimum Gasteiger partial charge on any atom is -0.325 e. The zero-order valence-corrected chi connectivity index (χ0v) is 10.3. The molecule has 0 amide bonds. The molecule has 0 spiro atoms. The second-order valence-corrected chi connectivity index (χ2v) is 4.83. The van der Waals surface area contributed by atoms with Gasteiger partial charge in [-0.05, 0) is 31.8 Å². The van der Waals surface area contributed by atoms with Gasteiger partial charge >= 0.3 is 0 Å². The van der Waals surface area contributed by atoms with Gasteiger partial charge in [-0.3, -0.25) is 0 Å². The lowest BCUT2D eigenvalue weighted by Crippen LogP contribution is -2.32. The first-order valence-electron chi connectivity index (χ1n) is 5.72. The topological polar surface area (TPSA) is 53.1 Å². The van der Waals surface area contributed by atoms with Crippen molar-refractivity contribution in [1.29, 1.82) is 0 Å². The zero-order valence-electron chi connectivity index (χ0n) is 9.52. The zero-order chi connectivity index (χ0) is 11.8. The van der Waals surface area contributed by atoms with Crippen molar-refractivity contribution in [3.8, 4) is 0 Å². The fraction of sp³-hybridized carbons (Fsp3) is 0.455. The Morgan fingerprint density at radius 2 is 2.29 bits per heavy atom. The third-order valence-corrected chi connectivity index (χ3v) is 3.28. The molecule has 0 bridgehead atoms. The van der Waals surface area contributed by atoms with E-state index < -0.39 is 0 Å². The summed E-state index contributed by atoms with van der Waals surface area (Å²) in [7, 11) is 0. The summed E-state index contributed by atoms with van der Waals surface area (Å²) >= 11 is 6.08. The van der Waals surface area contributed by atoms with Crippen molar-refractivity contribution in [3.05, 3.63) is 30.0 Å². The molecule has 1 saturated carbocycles. The fourth-order valence-electron chi connectivity index (χ4n) is 1.91. The van der Waals surface area contributed by atoms with E-state index in [1.54, 1.807) is 0 Å². The number of aryl methyl sites for hydroxylation is 1. The summed E-state index contributed by atoms with van der Waals surface area (Å²) in [5, 5.41) is 3.19. The molecule has 0 saturated heterocycles. The summed E-state index contributed by atoms with van der Waals surface area (Å²) < 4.78 is 1.50. The summed E-state index contributed by atoms with van der Waals surface area (Å²) in [6.07, 6.45) is 6.21. The van der Waals surface area contributed by atoms with Gasteiger partial charge in [0.05, 0.1) is 6.04 Å². The number of rotatable bonds is 3. The second kappa shape index (κ2) is 4.16. The van der Waals surface area contributed by atoms with Crippen LogP contribution in [0.3, 0.4) is 0 Å². The van der Waals surface area contributed by atoms with Crippen LogP contribution in [-0.4, -0.2) is 20.5 Å². The van der Waals surface area contributed by atoms with E-state index >= 15 is 0 Å². The van der Waals surface area contributed by atoms with Gasteiger partial charge in [0.1, 0.15) is 18.0 Å². The molecule has 2 N–H and O–H groups in total. The van der Waals surface area contributed by atoms with Gasteiger partial charge in [0, 0.05) is 23.5 Å². The van der Waals surface area contributed by atoms with Crippen LogP contribution < -0.4 is 10.7 Å². The van der Waals surface area contributed by atoms with Gasteiger partial charge in [0.15, 0.2) is 0 Å². The fourth-order valence-corrected chi connectivity index (χ4v) is 2.13. The molecule has 1 atom stereocenters. The van der Waals surface area contributed by atoms with E-state index in [4.69, 9.17) is 11.8 Å². The maximum Gasteiger partial charge on any atom is 0.136 e. The number of aromatic nitrogens is 2. The van der Waals surface area contributed by atoms with Crippen molar-refractivity contribution < 1.29 is 0 Å². The number of nitrogens with one attached hydrogen (secondary N) is 2. The van der Waals surface area contributed by atoms with Crippen LogP contribution in [-0.2, 0) is 0 Å². The minimum atomic E-state index is 0.345. The van der Waals surface area contributed by atoms with Gasteiger partial charge in [0.2, 0.25) is 0 Å². The Kier molecular flexibility index (Phi) is 2.64. The molecule has 1 unspecified atom stereocenters. The third-order valence-electron chi connectivity index (χ3n) is 3.00. The van der Waals surface area contributed by atoms with Gasteiger partial charge in [0.25, 0.3) is 0 Å². The van der Waals surface area contributed by atoms with Gasteiger partial charge in [-0.25, -0.2) is 19.9 Å². The van der Waals surface area contributed by atoms with Crippen LogP contribution in [0.25, 0.3) is 0 Å². The Balaban J connectivity index is 1.73. The summed E-state index contributed by atoms with van der Waals surface area (Å²) in [6, 6.07) is 2.23. The lowest BCUT2D eigenvalue weighted by atomic mass is 10.2. The Bertz CT molecular complexity index is 457. The first-order chi connectivity index (χ1) is 8.22. The second-order valence-electron chi connectivity index (χ2n) is 4.49. The van der Waals surface area contributed by atoms with E-state index in [1.165, 1.54) is 23.7 Å². The highest BCUT2D eigenvalue weighted by Crippen LogP contribution is 2.36. The summed E-state index contributed by atoms with van der Waals surface area (Å²) in [5.74, 6) is 2.32. The molecule has 3 rings (SSSR count). The normalized spacial score (nSPS) is 23.8. The molecule has 90 valence electrons. The molecule has 2 heterocycles. The molecule has 0 aromatic carbocycles. The summed E-state index contributed by atoms with van der Waals surface area (Å²) in [6.45, 7) is 1.93. The average Bonchev–Trinajstić information content (AvgIpc) is 3.06. The molecule has 1 aliphatic heterocycles. The largest absolute Gasteiger partial charge is 0.325 e. The predicted octanol–water partition coefficient (Wildman–Crippen LogP) is 1.79. The Morgan fingerprint density at radius 1 is 1.47 bits per heavy atom. The highest BCUT2D eigenvalue weighted by atomic mass is 35.5. The van der Waals surface area contributed by atoms with Crippen LogP contribution in [0, 0.1) is 12.8 Å². The van der Waals surface area contributed by atoms with Gasteiger partial charge in [-0.1, -0.05) is 0 Å². The van der Waals surface area contributed by atoms with Crippen LogP contribution in [0.5, 0.6) is 0 Å². The quantitative estimate of drug-likeness (QED) is 0.803. The maximum absolute atomic E-state index is 6.08. The smallest absolute Gasteiger partial charge is 0.136 e. The van der Waals surface area contributed by atoms with Crippen molar-refractivity contribution >= 4 is 17.6 Å². The Hall–Kier alpha value is -1.33. The lowest BCUT2D eigenvalue weighted by Gasteiger charge is -2.15. The average molecular weight is 252 g/mol. The highest BCUT2D eigenvalue weighted by molar-refractivity contribution is 6.14. The van der Waals surface area contributed by atoms with Crippen molar-refractivity contribution in [2.45, 2.75) is 25.8 Å². The van der Waals surface area contributed by atoms with E-state index in [1.807, 2.05) is 13.0 Å². The van der Waals surface area contributed by atoms with Crippen molar-refractivity contribution in [2.75, 3.05) is 5.32 Å². The van der Waals surface area contributed by atoms with Crippen molar-refractivity contribution in [2.24, 2.45) is 5.92 Å². The van der Waals surface area contributed by atoms with Gasteiger partial charge < -0.3 is 5.32 Å². The van der Waals surface area contributed by atoms with Crippen molar-refractivity contribution in [3.63, 3.8) is 0 Å². The Morgan fingerprint density at radius 3 is 3.00 bits per heavy atom. The summed E-state index contributed by atoms with van der Waals surface area (Å²) in [4.78, 5) is 8.20. The van der Waals surface area contributed by atoms with Gasteiger partial charge in [-0.15, -0.1) is 0 Å². The molecule has 6 heteroatoms. The number of hydrogen-bond acceptors (Lipinski definition) is 5. The monoisotopic (exact) mass is 251 g/mol. The molecular weight excluding hydrogens is 238 g/mol. The summed E-state index contributed by atoms with van der Waals surface area (Å²) in [5.41, 5.74) is 4.13. The Labute approximate surface area is 105 Å². The van der Waals surface area contributed by atoms with E-state index in [0.29, 0.717) is 6.04 Å². The number of halogens is 1. The van der Waals surface area contributed by atoms with E-state index in [2.05, 4.69) is 26.8 Å². The molecule has 2 aliphatic rings. The van der Waals surface area contributed by atoms with Gasteiger partial charge in [-0.2, -0.15) is 0 Å². The molecule has 1 aromatic heterocycles. The number of anilines is 1. The predicted molar refractivity (Wildman–Crippen MR) is 65.8 cm³/mol. The lowest BCUT2D eigenvalue weighted by molar-refractivity contribution is 0.392. The standard InChI is InChI=1S/C11H14ClN5/c1-7-4-10(14-6-13-7)15-11-5-9(8-2-3-8)16-17(11)12/h4-6,8-9,16H,2-3H2,1H3,(H,13,14,15). The molecule has 1 fully saturated rings. The van der Waals surface area contributed by atoms with Crippen LogP contribution in [0.1, 0.15) is 18.5 Å². The highest BCUT2D eigenvalue weighted by Gasteiger charge is 2.35. The van der Waals surface area contributed by atoms with Crippen molar-refractivity contribution in [1.82, 2.24) is 19.9 Å². The molecule has 5 nitrogen and oxygen atoms in total. The molecule has 17 heavy (non-hydrogen) atoms. The van der Waals surface area contributed by atoms with Crippen LogP contribution in [0.2, 0.25) is 0 Å². The van der Waals surface area contributed by atoms with Crippen LogP contribution in [0.15, 0.2) is 24.3 Å². The molecule has 0 radical (unpaired) electrons. The number of hydrogen-bond donors (Lipinski definition) is 2. The third kappa shape index (κ3) is 2.35. The first-order valence-corrected chi connectivity index (χ1v) is 6.06. The van der Waals surface area contributed by atoms with Crippen LogP contribution in [0.4, 0.5) is 5.82 Å². The number of hydrazine groups is 1. The van der Waals surface area contributed by atoms with E-state index in [9.17, 15) is 0 Å². The SMILES string of the molecule is Cc1cc(NC2=CC(C3CC3)NN2Cl)ncn1. The van der Waals surface area contributed by atoms with E-state index in [-0.39, 0.29) is 0 Å². The molecule has 1 aromatic rings. The molecule has 1 aliphatic carbocycles. The minimum absolute atomic E-state index is 0.345. The van der Waals surface area contributed by atoms with E-state index in [0.717, 1.165) is 23.3 Å².